The smallest absolute Gasteiger partial charge is 0.127 e. The SMILES string of the molecule is CC.CCC(C)C1CCc2cc(C)cc(F)c21. The van der Waals surface area contributed by atoms with Crippen LogP contribution in [0.25, 0.3) is 0 Å². The second-order valence-corrected chi connectivity index (χ2v) is 4.85. The van der Waals surface area contributed by atoms with Crippen molar-refractivity contribution >= 4 is 0 Å². The number of hydrogen-bond acceptors (Lipinski definition) is 0. The molecule has 0 radical (unpaired) electrons. The van der Waals surface area contributed by atoms with Crippen LogP contribution >= 0.6 is 0 Å². The molecule has 0 aromatic heterocycles. The van der Waals surface area contributed by atoms with Crippen molar-refractivity contribution in [1.29, 1.82) is 0 Å². The zero-order valence-electron chi connectivity index (χ0n) is 11.8. The van der Waals surface area contributed by atoms with Crippen molar-refractivity contribution in [3.8, 4) is 0 Å². The van der Waals surface area contributed by atoms with E-state index >= 15 is 0 Å². The highest BCUT2D eigenvalue weighted by atomic mass is 19.1. The zero-order valence-corrected chi connectivity index (χ0v) is 11.8. The van der Waals surface area contributed by atoms with E-state index in [0.29, 0.717) is 11.8 Å². The molecule has 0 fully saturated rings. The lowest BCUT2D eigenvalue weighted by Crippen LogP contribution is -2.07. The maximum Gasteiger partial charge on any atom is 0.127 e. The predicted octanol–water partition coefficient (Wildman–Crippen LogP) is 5.24. The van der Waals surface area contributed by atoms with Gasteiger partial charge in [0.25, 0.3) is 0 Å². The van der Waals surface area contributed by atoms with E-state index in [1.165, 1.54) is 5.56 Å². The van der Waals surface area contributed by atoms with E-state index in [-0.39, 0.29) is 5.82 Å². The molecule has 0 nitrogen and oxygen atoms in total. The van der Waals surface area contributed by atoms with Crippen molar-refractivity contribution in [3.05, 3.63) is 34.6 Å². The highest BCUT2D eigenvalue weighted by molar-refractivity contribution is 5.39. The van der Waals surface area contributed by atoms with E-state index in [2.05, 4.69) is 19.9 Å². The highest BCUT2D eigenvalue weighted by Gasteiger charge is 2.29. The van der Waals surface area contributed by atoms with Crippen LogP contribution in [0.5, 0.6) is 0 Å². The van der Waals surface area contributed by atoms with Crippen LogP contribution in [0.2, 0.25) is 0 Å². The van der Waals surface area contributed by atoms with Gasteiger partial charge in [0, 0.05) is 0 Å². The first-order valence-electron chi connectivity index (χ1n) is 6.92. The Kier molecular flexibility index (Phi) is 5.17. The van der Waals surface area contributed by atoms with Crippen molar-refractivity contribution < 1.29 is 4.39 Å². The summed E-state index contributed by atoms with van der Waals surface area (Å²) < 4.78 is 13.9. The van der Waals surface area contributed by atoms with Crippen molar-refractivity contribution in [1.82, 2.24) is 0 Å². The average molecular weight is 236 g/mol. The normalized spacial score (nSPS) is 19.3. The summed E-state index contributed by atoms with van der Waals surface area (Å²) in [6.45, 7) is 10.4. The zero-order chi connectivity index (χ0) is 13.0. The molecule has 1 aromatic carbocycles. The minimum Gasteiger partial charge on any atom is -0.207 e. The number of halogens is 1. The van der Waals surface area contributed by atoms with E-state index in [4.69, 9.17) is 0 Å². The second kappa shape index (κ2) is 6.18. The molecule has 0 amide bonds. The van der Waals surface area contributed by atoms with Crippen molar-refractivity contribution in [2.24, 2.45) is 5.92 Å². The van der Waals surface area contributed by atoms with Gasteiger partial charge in [-0.1, -0.05) is 40.2 Å². The molecule has 0 spiro atoms. The van der Waals surface area contributed by atoms with Gasteiger partial charge in [-0.05, 0) is 54.4 Å². The standard InChI is InChI=1S/C14H19F.C2H6/c1-4-10(3)12-6-5-11-7-9(2)8-13(15)14(11)12;1-2/h7-8,10,12H,4-6H2,1-3H3;1-2H3. The lowest BCUT2D eigenvalue weighted by atomic mass is 9.86. The monoisotopic (exact) mass is 236 g/mol. The summed E-state index contributed by atoms with van der Waals surface area (Å²) in [6, 6.07) is 3.83. The Morgan fingerprint density at radius 2 is 2.00 bits per heavy atom. The first-order chi connectivity index (χ1) is 8.13. The lowest BCUT2D eigenvalue weighted by molar-refractivity contribution is 0.430. The molecule has 17 heavy (non-hydrogen) atoms. The number of aryl methyl sites for hydroxylation is 2. The van der Waals surface area contributed by atoms with E-state index in [1.807, 2.05) is 20.8 Å². The highest BCUT2D eigenvalue weighted by Crippen LogP contribution is 2.41. The summed E-state index contributed by atoms with van der Waals surface area (Å²) in [7, 11) is 0. The van der Waals surface area contributed by atoms with Crippen LogP contribution < -0.4 is 0 Å². The molecule has 2 rings (SSSR count). The number of rotatable bonds is 2. The molecule has 1 heteroatoms. The van der Waals surface area contributed by atoms with E-state index in [1.54, 1.807) is 6.07 Å². The predicted molar refractivity (Wildman–Crippen MR) is 73.0 cm³/mol. The van der Waals surface area contributed by atoms with Crippen LogP contribution in [-0.2, 0) is 6.42 Å². The summed E-state index contributed by atoms with van der Waals surface area (Å²) in [4.78, 5) is 0. The molecule has 1 aliphatic carbocycles. The molecule has 0 aliphatic heterocycles. The molecule has 0 bridgehead atoms. The maximum atomic E-state index is 13.9. The Morgan fingerprint density at radius 3 is 2.59 bits per heavy atom. The molecule has 96 valence electrons. The summed E-state index contributed by atoms with van der Waals surface area (Å²) >= 11 is 0. The number of hydrogen-bond donors (Lipinski definition) is 0. The summed E-state index contributed by atoms with van der Waals surface area (Å²) in [6.07, 6.45) is 3.32. The fourth-order valence-electron chi connectivity index (χ4n) is 2.76. The summed E-state index contributed by atoms with van der Waals surface area (Å²) in [5, 5.41) is 0. The minimum atomic E-state index is 0.0211. The van der Waals surface area contributed by atoms with Gasteiger partial charge in [0.1, 0.15) is 5.82 Å². The van der Waals surface area contributed by atoms with Crippen LogP contribution in [0.3, 0.4) is 0 Å². The molecular formula is C16H25F. The van der Waals surface area contributed by atoms with Gasteiger partial charge in [-0.25, -0.2) is 4.39 Å². The van der Waals surface area contributed by atoms with Gasteiger partial charge in [-0.3, -0.25) is 0 Å². The minimum absolute atomic E-state index is 0.0211. The van der Waals surface area contributed by atoms with Gasteiger partial charge in [-0.15, -0.1) is 0 Å². The third-order valence-electron chi connectivity index (χ3n) is 3.79. The molecule has 0 saturated heterocycles. The Labute approximate surface area is 105 Å². The molecule has 1 aliphatic rings. The fraction of sp³-hybridized carbons (Fsp3) is 0.625. The van der Waals surface area contributed by atoms with Crippen molar-refractivity contribution in [2.45, 2.75) is 59.8 Å². The molecule has 2 unspecified atom stereocenters. The lowest BCUT2D eigenvalue weighted by Gasteiger charge is -2.19. The van der Waals surface area contributed by atoms with E-state index < -0.39 is 0 Å². The van der Waals surface area contributed by atoms with E-state index in [9.17, 15) is 4.39 Å². The van der Waals surface area contributed by atoms with Crippen LogP contribution in [0.15, 0.2) is 12.1 Å². The maximum absolute atomic E-state index is 13.9. The average Bonchev–Trinajstić information content (AvgIpc) is 2.74. The van der Waals surface area contributed by atoms with Gasteiger partial charge >= 0.3 is 0 Å². The van der Waals surface area contributed by atoms with Gasteiger partial charge < -0.3 is 0 Å². The molecule has 0 saturated carbocycles. The van der Waals surface area contributed by atoms with Crippen LogP contribution in [0.4, 0.5) is 4.39 Å². The van der Waals surface area contributed by atoms with Gasteiger partial charge in [0.2, 0.25) is 0 Å². The Hall–Kier alpha value is -0.850. The number of benzene rings is 1. The Balaban J connectivity index is 0.000000686. The molecule has 0 heterocycles. The van der Waals surface area contributed by atoms with Gasteiger partial charge in [-0.2, -0.15) is 0 Å². The largest absolute Gasteiger partial charge is 0.207 e. The first-order valence-corrected chi connectivity index (χ1v) is 6.92. The first kappa shape index (κ1) is 14.2. The van der Waals surface area contributed by atoms with Crippen LogP contribution in [0.1, 0.15) is 63.1 Å². The third-order valence-corrected chi connectivity index (χ3v) is 3.79. The third kappa shape index (κ3) is 2.88. The summed E-state index contributed by atoms with van der Waals surface area (Å²) in [5.41, 5.74) is 3.31. The topological polar surface area (TPSA) is 0 Å². The molecular weight excluding hydrogens is 211 g/mol. The molecule has 2 atom stereocenters. The second-order valence-electron chi connectivity index (χ2n) is 4.85. The van der Waals surface area contributed by atoms with Crippen LogP contribution in [0, 0.1) is 18.7 Å². The Bertz CT molecular complexity index is 368. The van der Waals surface area contributed by atoms with Crippen molar-refractivity contribution in [3.63, 3.8) is 0 Å². The van der Waals surface area contributed by atoms with Crippen LogP contribution in [-0.4, -0.2) is 0 Å². The quantitative estimate of drug-likeness (QED) is 0.659. The summed E-state index contributed by atoms with van der Waals surface area (Å²) in [5.74, 6) is 1.07. The van der Waals surface area contributed by atoms with Gasteiger partial charge in [0.15, 0.2) is 0 Å². The molecule has 1 aromatic rings. The molecule has 0 N–H and O–H groups in total. The fourth-order valence-corrected chi connectivity index (χ4v) is 2.76. The van der Waals surface area contributed by atoms with E-state index in [0.717, 1.165) is 30.4 Å². The van der Waals surface area contributed by atoms with Crippen molar-refractivity contribution in [2.75, 3.05) is 0 Å². The Morgan fingerprint density at radius 1 is 1.35 bits per heavy atom. The van der Waals surface area contributed by atoms with Gasteiger partial charge in [0.05, 0.1) is 0 Å². The number of fused-ring (bicyclic) bond motifs is 1.